The number of hydrogen-bond donors (Lipinski definition) is 2. The minimum absolute atomic E-state index is 0.0837. The van der Waals surface area contributed by atoms with E-state index in [9.17, 15) is 18.3 Å². The van der Waals surface area contributed by atoms with Crippen molar-refractivity contribution in [1.82, 2.24) is 0 Å². The Kier molecular flexibility index (Phi) is 5.01. The number of rotatable bonds is 5. The lowest BCUT2D eigenvalue weighted by atomic mass is 9.93. The molecule has 6 heteroatoms. The highest BCUT2D eigenvalue weighted by Gasteiger charge is 2.32. The highest BCUT2D eigenvalue weighted by atomic mass is 19.4. The van der Waals surface area contributed by atoms with Gasteiger partial charge in [-0.2, -0.15) is 18.4 Å². The Bertz CT molecular complexity index is 494. The molecule has 20 heavy (non-hydrogen) atoms. The summed E-state index contributed by atoms with van der Waals surface area (Å²) < 4.78 is 37.8. The van der Waals surface area contributed by atoms with Gasteiger partial charge < -0.3 is 10.4 Å². The molecule has 0 aromatic heterocycles. The second-order valence-corrected chi connectivity index (χ2v) is 4.64. The SMILES string of the molecule is CCC(CC)(CO)Nc1ccc(C(F)(F)F)cc1C#N. The minimum Gasteiger partial charge on any atom is -0.394 e. The van der Waals surface area contributed by atoms with Crippen molar-refractivity contribution in [3.63, 3.8) is 0 Å². The van der Waals surface area contributed by atoms with Crippen LogP contribution in [0.3, 0.4) is 0 Å². The average Bonchev–Trinajstić information content (AvgIpc) is 2.44. The molecule has 0 aliphatic rings. The fourth-order valence-corrected chi connectivity index (χ4v) is 1.90. The van der Waals surface area contributed by atoms with Gasteiger partial charge in [0.2, 0.25) is 0 Å². The summed E-state index contributed by atoms with van der Waals surface area (Å²) in [6.07, 6.45) is -3.30. The molecule has 0 saturated carbocycles. The smallest absolute Gasteiger partial charge is 0.394 e. The van der Waals surface area contributed by atoms with Gasteiger partial charge in [0.25, 0.3) is 0 Å². The van der Waals surface area contributed by atoms with Crippen molar-refractivity contribution in [1.29, 1.82) is 5.26 Å². The molecule has 0 fully saturated rings. The van der Waals surface area contributed by atoms with Gasteiger partial charge in [-0.15, -0.1) is 0 Å². The molecule has 0 amide bonds. The number of aliphatic hydroxyl groups is 1. The maximum Gasteiger partial charge on any atom is 0.416 e. The van der Waals surface area contributed by atoms with Crippen LogP contribution in [0.1, 0.15) is 37.8 Å². The predicted octanol–water partition coefficient (Wildman–Crippen LogP) is 3.54. The molecule has 0 unspecified atom stereocenters. The molecular weight excluding hydrogens is 269 g/mol. The third-order valence-corrected chi connectivity index (χ3v) is 3.52. The van der Waals surface area contributed by atoms with Crippen molar-refractivity contribution in [2.45, 2.75) is 38.4 Å². The Morgan fingerprint density at radius 2 is 1.85 bits per heavy atom. The second kappa shape index (κ2) is 6.14. The van der Waals surface area contributed by atoms with Gasteiger partial charge in [0.1, 0.15) is 6.07 Å². The van der Waals surface area contributed by atoms with E-state index < -0.39 is 17.3 Å². The summed E-state index contributed by atoms with van der Waals surface area (Å²) in [7, 11) is 0. The van der Waals surface area contributed by atoms with E-state index in [4.69, 9.17) is 5.26 Å². The topological polar surface area (TPSA) is 56.0 Å². The van der Waals surface area contributed by atoms with Crippen LogP contribution >= 0.6 is 0 Å². The van der Waals surface area contributed by atoms with Crippen LogP contribution in [0.4, 0.5) is 18.9 Å². The van der Waals surface area contributed by atoms with Gasteiger partial charge in [0.15, 0.2) is 0 Å². The van der Waals surface area contributed by atoms with E-state index in [0.717, 1.165) is 12.1 Å². The zero-order chi connectivity index (χ0) is 15.4. The van der Waals surface area contributed by atoms with Gasteiger partial charge in [-0.25, -0.2) is 0 Å². The first kappa shape index (κ1) is 16.3. The lowest BCUT2D eigenvalue weighted by molar-refractivity contribution is -0.137. The first-order valence-electron chi connectivity index (χ1n) is 6.32. The number of halogens is 3. The van der Waals surface area contributed by atoms with Crippen LogP contribution in [0.15, 0.2) is 18.2 Å². The number of nitrogens with zero attached hydrogens (tertiary/aromatic N) is 1. The van der Waals surface area contributed by atoms with Gasteiger partial charge in [0.05, 0.1) is 29.0 Å². The summed E-state index contributed by atoms with van der Waals surface area (Å²) >= 11 is 0. The Balaban J connectivity index is 3.18. The van der Waals surface area contributed by atoms with Crippen molar-refractivity contribution >= 4 is 5.69 Å². The summed E-state index contributed by atoms with van der Waals surface area (Å²) in [5, 5.41) is 21.5. The number of hydrogen-bond acceptors (Lipinski definition) is 3. The Labute approximate surface area is 116 Å². The highest BCUT2D eigenvalue weighted by Crippen LogP contribution is 2.33. The number of nitriles is 1. The van der Waals surface area contributed by atoms with Crippen molar-refractivity contribution in [3.05, 3.63) is 29.3 Å². The number of anilines is 1. The molecule has 0 atom stereocenters. The van der Waals surface area contributed by atoms with Crippen molar-refractivity contribution in [2.75, 3.05) is 11.9 Å². The summed E-state index contributed by atoms with van der Waals surface area (Å²) in [5.74, 6) is 0. The van der Waals surface area contributed by atoms with E-state index in [1.807, 2.05) is 13.8 Å². The largest absolute Gasteiger partial charge is 0.416 e. The minimum atomic E-state index is -4.48. The van der Waals surface area contributed by atoms with Crippen LogP contribution in [-0.2, 0) is 6.18 Å². The first-order valence-corrected chi connectivity index (χ1v) is 6.32. The van der Waals surface area contributed by atoms with Gasteiger partial charge in [-0.1, -0.05) is 13.8 Å². The number of nitrogens with one attached hydrogen (secondary N) is 1. The molecule has 110 valence electrons. The number of alkyl halides is 3. The van der Waals surface area contributed by atoms with E-state index >= 15 is 0 Å². The normalized spacial score (nSPS) is 12.1. The van der Waals surface area contributed by atoms with Crippen LogP contribution in [-0.4, -0.2) is 17.3 Å². The fourth-order valence-electron chi connectivity index (χ4n) is 1.90. The third kappa shape index (κ3) is 3.42. The van der Waals surface area contributed by atoms with Crippen LogP contribution in [0.25, 0.3) is 0 Å². The van der Waals surface area contributed by atoms with E-state index in [2.05, 4.69) is 5.32 Å². The molecule has 0 radical (unpaired) electrons. The van der Waals surface area contributed by atoms with Crippen LogP contribution in [0.2, 0.25) is 0 Å². The molecule has 0 saturated heterocycles. The Morgan fingerprint density at radius 3 is 2.25 bits per heavy atom. The van der Waals surface area contributed by atoms with Crippen molar-refractivity contribution < 1.29 is 18.3 Å². The molecule has 0 spiro atoms. The molecule has 1 aromatic carbocycles. The molecular formula is C14H17F3N2O. The maximum atomic E-state index is 12.6. The monoisotopic (exact) mass is 286 g/mol. The molecule has 0 aliphatic carbocycles. The van der Waals surface area contributed by atoms with E-state index in [1.54, 1.807) is 6.07 Å². The second-order valence-electron chi connectivity index (χ2n) is 4.64. The van der Waals surface area contributed by atoms with Crippen LogP contribution < -0.4 is 5.32 Å². The molecule has 0 bridgehead atoms. The zero-order valence-corrected chi connectivity index (χ0v) is 11.4. The molecule has 3 nitrogen and oxygen atoms in total. The zero-order valence-electron chi connectivity index (χ0n) is 11.4. The highest BCUT2D eigenvalue weighted by molar-refractivity contribution is 5.60. The van der Waals surface area contributed by atoms with E-state index in [-0.39, 0.29) is 12.2 Å². The fraction of sp³-hybridized carbons (Fsp3) is 0.500. The van der Waals surface area contributed by atoms with E-state index in [1.165, 1.54) is 6.07 Å². The summed E-state index contributed by atoms with van der Waals surface area (Å²) in [4.78, 5) is 0. The molecule has 0 heterocycles. The lowest BCUT2D eigenvalue weighted by Gasteiger charge is -2.32. The number of aliphatic hydroxyl groups excluding tert-OH is 1. The van der Waals surface area contributed by atoms with Crippen molar-refractivity contribution in [2.24, 2.45) is 0 Å². The molecule has 2 N–H and O–H groups in total. The number of benzene rings is 1. The quantitative estimate of drug-likeness (QED) is 0.870. The van der Waals surface area contributed by atoms with Crippen LogP contribution in [0.5, 0.6) is 0 Å². The predicted molar refractivity (Wildman–Crippen MR) is 70.2 cm³/mol. The van der Waals surface area contributed by atoms with Gasteiger partial charge in [-0.3, -0.25) is 0 Å². The molecule has 1 rings (SSSR count). The molecule has 0 aliphatic heterocycles. The summed E-state index contributed by atoms with van der Waals surface area (Å²) in [6, 6.07) is 4.73. The Morgan fingerprint density at radius 1 is 1.25 bits per heavy atom. The average molecular weight is 286 g/mol. The lowest BCUT2D eigenvalue weighted by Crippen LogP contribution is -2.41. The van der Waals surface area contributed by atoms with E-state index in [0.29, 0.717) is 18.5 Å². The Hall–Kier alpha value is -1.74. The van der Waals surface area contributed by atoms with Crippen LogP contribution in [0, 0.1) is 11.3 Å². The maximum absolute atomic E-state index is 12.6. The summed E-state index contributed by atoms with van der Waals surface area (Å²) in [6.45, 7) is 3.57. The first-order chi connectivity index (χ1) is 9.31. The molecule has 1 aromatic rings. The summed E-state index contributed by atoms with van der Waals surface area (Å²) in [5.41, 5.74) is -1.27. The van der Waals surface area contributed by atoms with Gasteiger partial charge in [-0.05, 0) is 31.0 Å². The van der Waals surface area contributed by atoms with Crippen molar-refractivity contribution in [3.8, 4) is 6.07 Å². The van der Waals surface area contributed by atoms with Gasteiger partial charge >= 0.3 is 6.18 Å². The third-order valence-electron chi connectivity index (χ3n) is 3.52. The van der Waals surface area contributed by atoms with Gasteiger partial charge in [0, 0.05) is 0 Å². The standard InChI is InChI=1S/C14H17F3N2O/c1-3-13(4-2,9-20)19-12-6-5-11(14(15,16)17)7-10(12)8-18/h5-7,19-20H,3-4,9H2,1-2H3.